The minimum atomic E-state index is 0.713. The maximum Gasteiger partial charge on any atom is 0.138 e. The van der Waals surface area contributed by atoms with Crippen LogP contribution >= 0.6 is 0 Å². The van der Waals surface area contributed by atoms with Gasteiger partial charge in [-0.05, 0) is 31.5 Å². The van der Waals surface area contributed by atoms with Crippen molar-refractivity contribution >= 4 is 5.69 Å². The van der Waals surface area contributed by atoms with Crippen LogP contribution in [0.1, 0.15) is 17.0 Å². The van der Waals surface area contributed by atoms with Crippen molar-refractivity contribution in [3.8, 4) is 11.3 Å². The number of hydrogen-bond acceptors (Lipinski definition) is 4. The van der Waals surface area contributed by atoms with Gasteiger partial charge in [-0.3, -0.25) is 0 Å². The summed E-state index contributed by atoms with van der Waals surface area (Å²) in [5, 5.41) is 7.33. The van der Waals surface area contributed by atoms with Crippen LogP contribution in [-0.4, -0.2) is 15.1 Å². The van der Waals surface area contributed by atoms with Gasteiger partial charge in [0, 0.05) is 17.8 Å². The minimum Gasteiger partial charge on any atom is -0.381 e. The van der Waals surface area contributed by atoms with E-state index in [9.17, 15) is 0 Å². The highest BCUT2D eigenvalue weighted by atomic mass is 16.5. The molecule has 0 fully saturated rings. The van der Waals surface area contributed by atoms with E-state index in [-0.39, 0.29) is 0 Å². The standard InChI is InChI=1S/C15H16N4O/c1-10-14(11(2)20-19-10)7-17-13-5-3-12(4-6-13)15-8-16-9-18-15/h3-6,8-9,17H,7H2,1-2H3,(H,16,18). The molecule has 0 aliphatic carbocycles. The first-order valence-electron chi connectivity index (χ1n) is 6.48. The Labute approximate surface area is 117 Å². The molecule has 2 aromatic heterocycles. The van der Waals surface area contributed by atoms with Crippen LogP contribution in [0, 0.1) is 13.8 Å². The predicted molar refractivity (Wildman–Crippen MR) is 77.3 cm³/mol. The van der Waals surface area contributed by atoms with Crippen LogP contribution in [0.25, 0.3) is 11.3 Å². The highest BCUT2D eigenvalue weighted by Crippen LogP contribution is 2.20. The first-order valence-corrected chi connectivity index (χ1v) is 6.48. The SMILES string of the molecule is Cc1noc(C)c1CNc1ccc(-c2cnc[nH]2)cc1. The molecule has 0 aliphatic rings. The Morgan fingerprint density at radius 3 is 2.60 bits per heavy atom. The van der Waals surface area contributed by atoms with Crippen LogP contribution in [0.2, 0.25) is 0 Å². The summed E-state index contributed by atoms with van der Waals surface area (Å²) >= 11 is 0. The molecule has 0 saturated heterocycles. The molecule has 0 amide bonds. The Kier molecular flexibility index (Phi) is 3.25. The largest absolute Gasteiger partial charge is 0.381 e. The van der Waals surface area contributed by atoms with Crippen molar-refractivity contribution in [2.45, 2.75) is 20.4 Å². The molecule has 3 rings (SSSR count). The zero-order valence-corrected chi connectivity index (χ0v) is 11.5. The zero-order valence-electron chi connectivity index (χ0n) is 11.5. The van der Waals surface area contributed by atoms with Crippen LogP contribution in [0.4, 0.5) is 5.69 Å². The second-order valence-corrected chi connectivity index (χ2v) is 4.70. The summed E-state index contributed by atoms with van der Waals surface area (Å²) in [5.74, 6) is 0.865. The molecule has 5 heteroatoms. The number of nitrogens with zero attached hydrogens (tertiary/aromatic N) is 2. The van der Waals surface area contributed by atoms with Gasteiger partial charge in [-0.25, -0.2) is 4.98 Å². The van der Waals surface area contributed by atoms with E-state index < -0.39 is 0 Å². The van der Waals surface area contributed by atoms with Crippen molar-refractivity contribution < 1.29 is 4.52 Å². The molecular formula is C15H16N4O. The third-order valence-corrected chi connectivity index (χ3v) is 3.34. The van der Waals surface area contributed by atoms with E-state index in [1.54, 1.807) is 6.33 Å². The number of benzene rings is 1. The molecule has 0 atom stereocenters. The van der Waals surface area contributed by atoms with Crippen molar-refractivity contribution in [2.24, 2.45) is 0 Å². The summed E-state index contributed by atoms with van der Waals surface area (Å²) in [6.07, 6.45) is 3.49. The fourth-order valence-electron chi connectivity index (χ4n) is 2.13. The van der Waals surface area contributed by atoms with Crippen LogP contribution in [0.3, 0.4) is 0 Å². The van der Waals surface area contributed by atoms with Gasteiger partial charge >= 0.3 is 0 Å². The highest BCUT2D eigenvalue weighted by Gasteiger charge is 2.08. The Bertz CT molecular complexity index is 664. The first kappa shape index (κ1) is 12.5. The number of anilines is 1. The third-order valence-electron chi connectivity index (χ3n) is 3.34. The lowest BCUT2D eigenvalue weighted by Crippen LogP contribution is -2.01. The summed E-state index contributed by atoms with van der Waals surface area (Å²) < 4.78 is 5.15. The van der Waals surface area contributed by atoms with E-state index in [0.717, 1.165) is 34.0 Å². The van der Waals surface area contributed by atoms with Crippen molar-refractivity contribution in [3.05, 3.63) is 53.8 Å². The zero-order chi connectivity index (χ0) is 13.9. The number of aryl methyl sites for hydroxylation is 2. The van der Waals surface area contributed by atoms with E-state index in [0.29, 0.717) is 6.54 Å². The second-order valence-electron chi connectivity index (χ2n) is 4.70. The summed E-state index contributed by atoms with van der Waals surface area (Å²) in [4.78, 5) is 7.11. The number of rotatable bonds is 4. The molecule has 0 bridgehead atoms. The molecule has 5 nitrogen and oxygen atoms in total. The van der Waals surface area contributed by atoms with E-state index in [4.69, 9.17) is 4.52 Å². The van der Waals surface area contributed by atoms with Crippen LogP contribution in [0.15, 0.2) is 41.3 Å². The molecule has 20 heavy (non-hydrogen) atoms. The smallest absolute Gasteiger partial charge is 0.138 e. The van der Waals surface area contributed by atoms with Crippen molar-refractivity contribution in [1.29, 1.82) is 0 Å². The maximum absolute atomic E-state index is 5.15. The molecular weight excluding hydrogens is 252 g/mol. The van der Waals surface area contributed by atoms with Gasteiger partial charge in [0.25, 0.3) is 0 Å². The molecule has 2 N–H and O–H groups in total. The van der Waals surface area contributed by atoms with Gasteiger partial charge in [-0.2, -0.15) is 0 Å². The average Bonchev–Trinajstić information content (AvgIpc) is 3.09. The fraction of sp³-hybridized carbons (Fsp3) is 0.200. The topological polar surface area (TPSA) is 66.7 Å². The summed E-state index contributed by atoms with van der Waals surface area (Å²) in [6.45, 7) is 4.60. The Morgan fingerprint density at radius 1 is 1.20 bits per heavy atom. The fourth-order valence-corrected chi connectivity index (χ4v) is 2.13. The minimum absolute atomic E-state index is 0.713. The number of hydrogen-bond donors (Lipinski definition) is 2. The predicted octanol–water partition coefficient (Wildman–Crippen LogP) is 3.29. The van der Waals surface area contributed by atoms with Gasteiger partial charge in [0.1, 0.15) is 5.76 Å². The summed E-state index contributed by atoms with van der Waals surface area (Å²) in [7, 11) is 0. The van der Waals surface area contributed by atoms with E-state index in [1.165, 1.54) is 0 Å². The van der Waals surface area contributed by atoms with Crippen LogP contribution in [0.5, 0.6) is 0 Å². The molecule has 1 aromatic carbocycles. The van der Waals surface area contributed by atoms with Gasteiger partial charge in [-0.15, -0.1) is 0 Å². The average molecular weight is 268 g/mol. The van der Waals surface area contributed by atoms with E-state index in [2.05, 4.69) is 32.6 Å². The van der Waals surface area contributed by atoms with Crippen LogP contribution in [-0.2, 0) is 6.54 Å². The first-order chi connectivity index (χ1) is 9.74. The van der Waals surface area contributed by atoms with Crippen LogP contribution < -0.4 is 5.32 Å². The number of aromatic amines is 1. The lowest BCUT2D eigenvalue weighted by Gasteiger charge is -2.06. The van der Waals surface area contributed by atoms with Gasteiger partial charge in [0.05, 0.1) is 23.9 Å². The monoisotopic (exact) mass is 268 g/mol. The summed E-state index contributed by atoms with van der Waals surface area (Å²) in [5.41, 5.74) is 5.24. The van der Waals surface area contributed by atoms with Crippen molar-refractivity contribution in [3.63, 3.8) is 0 Å². The van der Waals surface area contributed by atoms with Gasteiger partial charge in [0.2, 0.25) is 0 Å². The Balaban J connectivity index is 1.70. The van der Waals surface area contributed by atoms with E-state index in [1.807, 2.05) is 32.2 Å². The Hall–Kier alpha value is -2.56. The van der Waals surface area contributed by atoms with Gasteiger partial charge in [0.15, 0.2) is 0 Å². The number of nitrogens with one attached hydrogen (secondary N) is 2. The number of aromatic nitrogens is 3. The molecule has 0 unspecified atom stereocenters. The molecule has 0 radical (unpaired) electrons. The van der Waals surface area contributed by atoms with Crippen molar-refractivity contribution in [1.82, 2.24) is 15.1 Å². The molecule has 0 aliphatic heterocycles. The molecule has 0 saturated carbocycles. The molecule has 3 aromatic rings. The third kappa shape index (κ3) is 2.42. The van der Waals surface area contributed by atoms with Gasteiger partial charge < -0.3 is 14.8 Å². The Morgan fingerprint density at radius 2 is 2.00 bits per heavy atom. The highest BCUT2D eigenvalue weighted by molar-refractivity contribution is 5.61. The number of H-pyrrole nitrogens is 1. The van der Waals surface area contributed by atoms with Crippen molar-refractivity contribution in [2.75, 3.05) is 5.32 Å². The lowest BCUT2D eigenvalue weighted by atomic mass is 10.1. The second kappa shape index (κ2) is 5.21. The lowest BCUT2D eigenvalue weighted by molar-refractivity contribution is 0.392. The number of imidazole rings is 1. The summed E-state index contributed by atoms with van der Waals surface area (Å²) in [6, 6.07) is 8.22. The molecule has 102 valence electrons. The normalized spacial score (nSPS) is 10.7. The maximum atomic E-state index is 5.15. The van der Waals surface area contributed by atoms with E-state index >= 15 is 0 Å². The molecule has 2 heterocycles. The quantitative estimate of drug-likeness (QED) is 0.762. The molecule has 0 spiro atoms. The van der Waals surface area contributed by atoms with Gasteiger partial charge in [-0.1, -0.05) is 17.3 Å².